The van der Waals surface area contributed by atoms with Crippen molar-refractivity contribution in [2.24, 2.45) is 0 Å². The molecule has 2 rings (SSSR count). The summed E-state index contributed by atoms with van der Waals surface area (Å²) in [5, 5.41) is 13.8. The summed E-state index contributed by atoms with van der Waals surface area (Å²) >= 11 is 0. The molecule has 0 atom stereocenters. The normalized spacial score (nSPS) is 11.6. The summed E-state index contributed by atoms with van der Waals surface area (Å²) in [6.45, 7) is 1.46. The van der Waals surface area contributed by atoms with E-state index in [-0.39, 0.29) is 5.95 Å². The number of alkyl halides is 3. The van der Waals surface area contributed by atoms with Gasteiger partial charge < -0.3 is 15.4 Å². The molecule has 0 aliphatic carbocycles. The topological polar surface area (TPSA) is 73.0 Å². The molecule has 9 heteroatoms. The number of rotatable bonds is 7. The Kier molecular flexibility index (Phi) is 5.32. The molecule has 0 aliphatic rings. The van der Waals surface area contributed by atoms with Gasteiger partial charge in [-0.3, -0.25) is 0 Å². The van der Waals surface area contributed by atoms with Gasteiger partial charge in [0.05, 0.1) is 12.1 Å². The van der Waals surface area contributed by atoms with E-state index in [4.69, 9.17) is 0 Å². The number of imidazole rings is 1. The summed E-state index contributed by atoms with van der Waals surface area (Å²) in [7, 11) is 0. The maximum Gasteiger partial charge on any atom is 0.434 e. The number of hydrogen-bond acceptors (Lipinski definition) is 4. The number of aromatic nitrogens is 2. The lowest BCUT2D eigenvalue weighted by molar-refractivity contribution is -0.396. The Bertz CT molecular complexity index is 653. The van der Waals surface area contributed by atoms with Crippen LogP contribution >= 0.6 is 0 Å². The van der Waals surface area contributed by atoms with E-state index >= 15 is 0 Å². The monoisotopic (exact) mass is 328 g/mol. The van der Waals surface area contributed by atoms with Crippen molar-refractivity contribution in [1.29, 1.82) is 0 Å². The van der Waals surface area contributed by atoms with E-state index in [9.17, 15) is 23.3 Å². The highest BCUT2D eigenvalue weighted by Gasteiger charge is 2.29. The molecule has 1 N–H and O–H groups in total. The second-order valence-corrected chi connectivity index (χ2v) is 4.90. The molecule has 23 heavy (non-hydrogen) atoms. The summed E-state index contributed by atoms with van der Waals surface area (Å²) in [4.78, 5) is 13.8. The first-order chi connectivity index (χ1) is 10.9. The summed E-state index contributed by atoms with van der Waals surface area (Å²) in [6, 6.07) is 4.95. The van der Waals surface area contributed by atoms with Crippen LogP contribution in [0.2, 0.25) is 0 Å². The summed E-state index contributed by atoms with van der Waals surface area (Å²) in [5.74, 6) is -0.201. The zero-order valence-electron chi connectivity index (χ0n) is 12.1. The van der Waals surface area contributed by atoms with Crippen molar-refractivity contribution >= 4 is 5.95 Å². The minimum atomic E-state index is -4.33. The van der Waals surface area contributed by atoms with Crippen LogP contribution in [-0.4, -0.2) is 21.0 Å². The van der Waals surface area contributed by atoms with Gasteiger partial charge >= 0.3 is 12.1 Å². The van der Waals surface area contributed by atoms with E-state index < -0.39 is 16.7 Å². The Hall–Kier alpha value is -2.42. The van der Waals surface area contributed by atoms with Crippen molar-refractivity contribution in [3.63, 3.8) is 0 Å². The molecule has 2 aromatic rings. The van der Waals surface area contributed by atoms with Crippen molar-refractivity contribution in [1.82, 2.24) is 14.9 Å². The number of aryl methyl sites for hydroxylation is 1. The fourth-order valence-corrected chi connectivity index (χ4v) is 2.07. The lowest BCUT2D eigenvalue weighted by Gasteiger charge is -2.08. The summed E-state index contributed by atoms with van der Waals surface area (Å²) in [6.07, 6.45) is -0.787. The minimum Gasteiger partial charge on any atom is -0.390 e. The van der Waals surface area contributed by atoms with Crippen molar-refractivity contribution in [3.8, 4) is 0 Å². The van der Waals surface area contributed by atoms with Crippen molar-refractivity contribution in [3.05, 3.63) is 57.9 Å². The predicted octanol–water partition coefficient (Wildman–Crippen LogP) is 2.99. The smallest absolute Gasteiger partial charge is 0.390 e. The average Bonchev–Trinajstić information content (AvgIpc) is 2.95. The van der Waals surface area contributed by atoms with Gasteiger partial charge in [0, 0.05) is 6.54 Å². The largest absolute Gasteiger partial charge is 0.434 e. The molecule has 1 aromatic heterocycles. The van der Waals surface area contributed by atoms with Gasteiger partial charge in [-0.15, -0.1) is 0 Å². The molecule has 0 saturated heterocycles. The molecule has 0 unspecified atom stereocenters. The van der Waals surface area contributed by atoms with E-state index in [1.807, 2.05) is 0 Å². The molecule has 0 aliphatic heterocycles. The molecule has 0 radical (unpaired) electrons. The highest BCUT2D eigenvalue weighted by molar-refractivity contribution is 5.24. The molecule has 0 saturated carbocycles. The second kappa shape index (κ2) is 7.23. The number of benzene rings is 1. The Morgan fingerprint density at radius 1 is 1.26 bits per heavy atom. The third-order valence-electron chi connectivity index (χ3n) is 3.22. The van der Waals surface area contributed by atoms with Gasteiger partial charge in [0.2, 0.25) is 0 Å². The predicted molar refractivity (Wildman–Crippen MR) is 76.6 cm³/mol. The quantitative estimate of drug-likeness (QED) is 0.482. The maximum atomic E-state index is 12.4. The Labute approximate surface area is 130 Å². The number of hydrogen-bond donors (Lipinski definition) is 1. The fourth-order valence-electron chi connectivity index (χ4n) is 2.07. The first-order valence-electron chi connectivity index (χ1n) is 6.90. The van der Waals surface area contributed by atoms with E-state index in [0.29, 0.717) is 26.1 Å². The Balaban J connectivity index is 1.73. The molecule has 6 nitrogen and oxygen atoms in total. The van der Waals surface area contributed by atoms with Crippen molar-refractivity contribution < 1.29 is 18.1 Å². The van der Waals surface area contributed by atoms with Crippen LogP contribution in [0.5, 0.6) is 0 Å². The third kappa shape index (κ3) is 4.78. The van der Waals surface area contributed by atoms with Gasteiger partial charge in [-0.25, -0.2) is 4.57 Å². The molecule has 0 fully saturated rings. The standard InChI is InChI=1S/C14H15F3N4O2/c15-14(16,17)12-4-2-11(3-5-12)10-18-6-1-8-20-9-7-19-13(20)21(22)23/h2-5,7,9,18H,1,6,8,10H2. The first kappa shape index (κ1) is 16.9. The van der Waals surface area contributed by atoms with Gasteiger partial charge in [-0.05, 0) is 35.6 Å². The summed E-state index contributed by atoms with van der Waals surface area (Å²) < 4.78 is 38.7. The molecule has 1 heterocycles. The number of nitro groups is 1. The Morgan fingerprint density at radius 2 is 1.96 bits per heavy atom. The van der Waals surface area contributed by atoms with Gasteiger partial charge in [-0.2, -0.15) is 13.2 Å². The maximum absolute atomic E-state index is 12.4. The van der Waals surface area contributed by atoms with Crippen LogP contribution in [0.4, 0.5) is 19.1 Å². The number of nitrogens with zero attached hydrogens (tertiary/aromatic N) is 3. The molecular formula is C14H15F3N4O2. The number of halogens is 3. The SMILES string of the molecule is O=[N+]([O-])c1nccn1CCCNCc1ccc(C(F)(F)F)cc1. The van der Waals surface area contributed by atoms with Crippen LogP contribution in [0.15, 0.2) is 36.7 Å². The summed E-state index contributed by atoms with van der Waals surface area (Å²) in [5.41, 5.74) is 0.0697. The highest BCUT2D eigenvalue weighted by Crippen LogP contribution is 2.29. The molecule has 124 valence electrons. The molecule has 1 aromatic carbocycles. The minimum absolute atomic E-state index is 0.201. The molecule has 0 bridgehead atoms. The van der Waals surface area contributed by atoms with Gasteiger partial charge in [0.25, 0.3) is 0 Å². The molecule has 0 amide bonds. The zero-order valence-corrected chi connectivity index (χ0v) is 12.1. The Morgan fingerprint density at radius 3 is 2.57 bits per heavy atom. The van der Waals surface area contributed by atoms with Gasteiger partial charge in [-0.1, -0.05) is 17.1 Å². The lowest BCUT2D eigenvalue weighted by Crippen LogP contribution is -2.17. The van der Waals surface area contributed by atoms with Crippen molar-refractivity contribution in [2.75, 3.05) is 6.54 Å². The third-order valence-corrected chi connectivity index (χ3v) is 3.22. The zero-order chi connectivity index (χ0) is 16.9. The van der Waals surface area contributed by atoms with E-state index in [1.165, 1.54) is 29.1 Å². The van der Waals surface area contributed by atoms with Crippen LogP contribution in [0.25, 0.3) is 0 Å². The lowest BCUT2D eigenvalue weighted by atomic mass is 10.1. The first-order valence-corrected chi connectivity index (χ1v) is 6.90. The molecule has 0 spiro atoms. The van der Waals surface area contributed by atoms with E-state index in [1.54, 1.807) is 0 Å². The average molecular weight is 328 g/mol. The second-order valence-electron chi connectivity index (χ2n) is 4.90. The van der Waals surface area contributed by atoms with Crippen molar-refractivity contribution in [2.45, 2.75) is 25.7 Å². The van der Waals surface area contributed by atoms with E-state index in [0.717, 1.165) is 17.7 Å². The molecular weight excluding hydrogens is 313 g/mol. The van der Waals surface area contributed by atoms with Crippen LogP contribution in [0.3, 0.4) is 0 Å². The van der Waals surface area contributed by atoms with Gasteiger partial charge in [0.1, 0.15) is 12.4 Å². The highest BCUT2D eigenvalue weighted by atomic mass is 19.4. The van der Waals surface area contributed by atoms with Crippen LogP contribution in [-0.2, 0) is 19.3 Å². The van der Waals surface area contributed by atoms with E-state index in [2.05, 4.69) is 10.3 Å². The fraction of sp³-hybridized carbons (Fsp3) is 0.357. The van der Waals surface area contributed by atoms with Gasteiger partial charge in [0.15, 0.2) is 0 Å². The number of nitrogens with one attached hydrogen (secondary N) is 1. The van der Waals surface area contributed by atoms with Crippen LogP contribution < -0.4 is 5.32 Å². The van der Waals surface area contributed by atoms with Crippen LogP contribution in [0, 0.1) is 10.1 Å². The van der Waals surface area contributed by atoms with Crippen LogP contribution in [0.1, 0.15) is 17.5 Å².